The molecular weight excluding hydrogens is 466 g/mol. The van der Waals surface area contributed by atoms with Gasteiger partial charge in [-0.3, -0.25) is 14.2 Å². The van der Waals surface area contributed by atoms with Crippen LogP contribution in [0.4, 0.5) is 0 Å². The van der Waals surface area contributed by atoms with E-state index in [9.17, 15) is 9.59 Å². The first-order valence-electron chi connectivity index (χ1n) is 11.1. The molecule has 0 aliphatic rings. The zero-order valence-electron chi connectivity index (χ0n) is 19.4. The second-order valence-corrected chi connectivity index (χ2v) is 10.3. The maximum absolute atomic E-state index is 13.7. The lowest BCUT2D eigenvalue weighted by atomic mass is 10.2. The summed E-state index contributed by atoms with van der Waals surface area (Å²) in [5.74, 6) is -0.0945. The van der Waals surface area contributed by atoms with E-state index in [2.05, 4.69) is 5.32 Å². The molecule has 0 saturated carbocycles. The molecule has 1 N–H and O–H groups in total. The molecule has 1 unspecified atom stereocenters. The molecule has 0 spiro atoms. The Balaban J connectivity index is 1.76. The number of aryl methyl sites for hydroxylation is 1. The molecule has 4 aromatic rings. The Morgan fingerprint density at radius 2 is 1.91 bits per heavy atom. The first-order valence-corrected chi connectivity index (χ1v) is 12.8. The fourth-order valence-electron chi connectivity index (χ4n) is 3.60. The van der Waals surface area contributed by atoms with Gasteiger partial charge in [0.25, 0.3) is 5.56 Å². The van der Waals surface area contributed by atoms with Gasteiger partial charge in [-0.15, -0.1) is 11.3 Å². The molecule has 2 heterocycles. The predicted octanol–water partition coefficient (Wildman–Crippen LogP) is 5.06. The van der Waals surface area contributed by atoms with E-state index >= 15 is 0 Å². The van der Waals surface area contributed by atoms with E-state index in [1.807, 2.05) is 74.5 Å². The topological polar surface area (TPSA) is 73.2 Å². The lowest BCUT2D eigenvalue weighted by Crippen LogP contribution is -2.33. The Labute approximate surface area is 207 Å². The van der Waals surface area contributed by atoms with E-state index in [0.717, 1.165) is 28.1 Å². The van der Waals surface area contributed by atoms with Gasteiger partial charge in [-0.2, -0.15) is 0 Å². The molecule has 1 atom stereocenters. The highest BCUT2D eigenvalue weighted by atomic mass is 32.2. The molecule has 4 rings (SSSR count). The minimum Gasteiger partial charge on any atom is -0.385 e. The highest BCUT2D eigenvalue weighted by Gasteiger charge is 2.22. The smallest absolute Gasteiger partial charge is 0.267 e. The number of aromatic nitrogens is 2. The van der Waals surface area contributed by atoms with Gasteiger partial charge in [0.2, 0.25) is 5.91 Å². The molecule has 34 heavy (non-hydrogen) atoms. The lowest BCUT2D eigenvalue weighted by molar-refractivity contribution is -0.120. The van der Waals surface area contributed by atoms with Crippen molar-refractivity contribution in [2.24, 2.45) is 0 Å². The molecule has 0 saturated heterocycles. The predicted molar refractivity (Wildman–Crippen MR) is 140 cm³/mol. The molecule has 6 nitrogen and oxygen atoms in total. The van der Waals surface area contributed by atoms with Crippen LogP contribution in [0.2, 0.25) is 0 Å². The number of benzene rings is 2. The van der Waals surface area contributed by atoms with Crippen molar-refractivity contribution in [1.29, 1.82) is 0 Å². The number of carbonyl (C=O) groups excluding carboxylic acids is 1. The van der Waals surface area contributed by atoms with Gasteiger partial charge in [-0.1, -0.05) is 60.3 Å². The van der Waals surface area contributed by atoms with Crippen LogP contribution in [0, 0.1) is 6.92 Å². The van der Waals surface area contributed by atoms with Crippen molar-refractivity contribution in [3.05, 3.63) is 76.6 Å². The first-order chi connectivity index (χ1) is 16.5. The first kappa shape index (κ1) is 24.2. The largest absolute Gasteiger partial charge is 0.385 e. The second kappa shape index (κ2) is 11.0. The Hall–Kier alpha value is -2.94. The molecular formula is C26H27N3O3S2. The van der Waals surface area contributed by atoms with Crippen LogP contribution in [0.5, 0.6) is 0 Å². The Kier molecular flexibility index (Phi) is 7.82. The summed E-state index contributed by atoms with van der Waals surface area (Å²) in [6, 6.07) is 19.6. The summed E-state index contributed by atoms with van der Waals surface area (Å²) in [4.78, 5) is 33.0. The number of rotatable bonds is 9. The molecule has 0 aliphatic heterocycles. The van der Waals surface area contributed by atoms with Gasteiger partial charge >= 0.3 is 0 Å². The fourth-order valence-corrected chi connectivity index (χ4v) is 5.62. The SMILES string of the molecule is COCCCNC(=O)C(C)Sc1nc2sc(-c3ccccc3)cc2c(=O)n1-c1ccccc1C. The number of hydrogen-bond acceptors (Lipinski definition) is 6. The highest BCUT2D eigenvalue weighted by Crippen LogP contribution is 2.33. The molecule has 0 fully saturated rings. The monoisotopic (exact) mass is 493 g/mol. The van der Waals surface area contributed by atoms with Crippen LogP contribution in [0.1, 0.15) is 18.9 Å². The van der Waals surface area contributed by atoms with Gasteiger partial charge in [-0.25, -0.2) is 4.98 Å². The number of nitrogens with one attached hydrogen (secondary N) is 1. The number of nitrogens with zero attached hydrogens (tertiary/aromatic N) is 2. The summed E-state index contributed by atoms with van der Waals surface area (Å²) in [5.41, 5.74) is 2.64. The molecule has 1 amide bonds. The zero-order chi connectivity index (χ0) is 24.1. The average Bonchev–Trinajstić information content (AvgIpc) is 3.28. The van der Waals surface area contributed by atoms with Crippen molar-refractivity contribution in [2.75, 3.05) is 20.3 Å². The number of thioether (sulfide) groups is 1. The number of amides is 1. The maximum Gasteiger partial charge on any atom is 0.267 e. The van der Waals surface area contributed by atoms with Crippen LogP contribution in [-0.4, -0.2) is 41.0 Å². The van der Waals surface area contributed by atoms with E-state index in [4.69, 9.17) is 9.72 Å². The second-order valence-electron chi connectivity index (χ2n) is 7.91. The third-order valence-electron chi connectivity index (χ3n) is 5.42. The standard InChI is InChI=1S/C26H27N3O3S2/c1-17-10-7-8-13-21(17)29-25(31)20-16-22(19-11-5-4-6-12-19)34-24(20)28-26(29)33-18(2)23(30)27-14-9-15-32-3/h4-8,10-13,16,18H,9,14-15H2,1-3H3,(H,27,30). The van der Waals surface area contributed by atoms with Crippen LogP contribution in [0.15, 0.2) is 70.6 Å². The summed E-state index contributed by atoms with van der Waals surface area (Å²) in [5, 5.41) is 3.60. The number of para-hydroxylation sites is 1. The van der Waals surface area contributed by atoms with Crippen LogP contribution in [0.25, 0.3) is 26.3 Å². The quantitative estimate of drug-likeness (QED) is 0.201. The van der Waals surface area contributed by atoms with E-state index in [1.165, 1.54) is 23.1 Å². The molecule has 0 bridgehead atoms. The number of thiophene rings is 1. The van der Waals surface area contributed by atoms with Crippen molar-refractivity contribution in [3.63, 3.8) is 0 Å². The van der Waals surface area contributed by atoms with Gasteiger partial charge < -0.3 is 10.1 Å². The molecule has 8 heteroatoms. The van der Waals surface area contributed by atoms with Crippen molar-refractivity contribution < 1.29 is 9.53 Å². The average molecular weight is 494 g/mol. The van der Waals surface area contributed by atoms with Gasteiger partial charge in [0.05, 0.1) is 16.3 Å². The van der Waals surface area contributed by atoms with Crippen LogP contribution in [0.3, 0.4) is 0 Å². The van der Waals surface area contributed by atoms with Crippen molar-refractivity contribution >= 4 is 39.2 Å². The van der Waals surface area contributed by atoms with Crippen LogP contribution < -0.4 is 10.9 Å². The Bertz CT molecular complexity index is 1350. The molecule has 0 aliphatic carbocycles. The summed E-state index contributed by atoms with van der Waals surface area (Å²) < 4.78 is 6.68. The van der Waals surface area contributed by atoms with Crippen LogP contribution in [-0.2, 0) is 9.53 Å². The third kappa shape index (κ3) is 5.24. The minimum absolute atomic E-state index is 0.0945. The zero-order valence-corrected chi connectivity index (χ0v) is 21.0. The van der Waals surface area contributed by atoms with Crippen LogP contribution >= 0.6 is 23.1 Å². The summed E-state index contributed by atoms with van der Waals surface area (Å²) >= 11 is 2.78. The van der Waals surface area contributed by atoms with Gasteiger partial charge in [0.1, 0.15) is 4.83 Å². The lowest BCUT2D eigenvalue weighted by Gasteiger charge is -2.17. The van der Waals surface area contributed by atoms with Gasteiger partial charge in [0.15, 0.2) is 5.16 Å². The summed E-state index contributed by atoms with van der Waals surface area (Å²) in [7, 11) is 1.64. The fraction of sp³-hybridized carbons (Fsp3) is 0.269. The van der Waals surface area contributed by atoms with Gasteiger partial charge in [-0.05, 0) is 43.5 Å². The number of hydrogen-bond donors (Lipinski definition) is 1. The van der Waals surface area contributed by atoms with Gasteiger partial charge in [0, 0.05) is 25.1 Å². The molecule has 0 radical (unpaired) electrons. The van der Waals surface area contributed by atoms with Crippen molar-refractivity contribution in [1.82, 2.24) is 14.9 Å². The number of fused-ring (bicyclic) bond motifs is 1. The van der Waals surface area contributed by atoms with E-state index in [0.29, 0.717) is 28.5 Å². The maximum atomic E-state index is 13.7. The van der Waals surface area contributed by atoms with E-state index in [1.54, 1.807) is 11.7 Å². The normalized spacial score (nSPS) is 12.1. The number of methoxy groups -OCH3 is 1. The van der Waals surface area contributed by atoms with E-state index < -0.39 is 5.25 Å². The molecule has 176 valence electrons. The Morgan fingerprint density at radius 1 is 1.18 bits per heavy atom. The number of carbonyl (C=O) groups is 1. The van der Waals surface area contributed by atoms with E-state index in [-0.39, 0.29) is 11.5 Å². The molecule has 2 aromatic carbocycles. The van der Waals surface area contributed by atoms with Crippen molar-refractivity contribution in [2.45, 2.75) is 30.7 Å². The Morgan fingerprint density at radius 3 is 2.65 bits per heavy atom. The molecule has 2 aromatic heterocycles. The minimum atomic E-state index is -0.421. The summed E-state index contributed by atoms with van der Waals surface area (Å²) in [6.07, 6.45) is 0.745. The highest BCUT2D eigenvalue weighted by molar-refractivity contribution is 8.00. The van der Waals surface area contributed by atoms with Crippen molar-refractivity contribution in [3.8, 4) is 16.1 Å². The third-order valence-corrected chi connectivity index (χ3v) is 7.56. The number of ether oxygens (including phenoxy) is 1. The summed E-state index contributed by atoms with van der Waals surface area (Å²) in [6.45, 7) is 4.93.